The van der Waals surface area contributed by atoms with Crippen molar-refractivity contribution in [3.8, 4) is 0 Å². The maximum Gasteiger partial charge on any atom is 0.0950 e. The van der Waals surface area contributed by atoms with E-state index >= 15 is 0 Å². The first-order chi connectivity index (χ1) is 9.33. The average Bonchev–Trinajstić information content (AvgIpc) is 2.93. The van der Waals surface area contributed by atoms with Crippen molar-refractivity contribution in [1.82, 2.24) is 4.90 Å². The van der Waals surface area contributed by atoms with Crippen LogP contribution in [0.5, 0.6) is 0 Å². The molecule has 0 aliphatic rings. The van der Waals surface area contributed by atoms with Gasteiger partial charge in [0.1, 0.15) is 0 Å². The lowest BCUT2D eigenvalue weighted by atomic mass is 10.1. The van der Waals surface area contributed by atoms with Crippen LogP contribution in [0.4, 0.5) is 0 Å². The SMILES string of the molecule is CCOCCN(CCOCC)C(CN)c1ccoc1. The first kappa shape index (κ1) is 16.2. The zero-order valence-corrected chi connectivity index (χ0v) is 12.0. The minimum atomic E-state index is 0.152. The Hall–Kier alpha value is -0.880. The monoisotopic (exact) mass is 270 g/mol. The third kappa shape index (κ3) is 5.74. The van der Waals surface area contributed by atoms with Crippen LogP contribution in [0.15, 0.2) is 23.0 Å². The van der Waals surface area contributed by atoms with Crippen molar-refractivity contribution >= 4 is 0 Å². The van der Waals surface area contributed by atoms with Gasteiger partial charge in [-0.2, -0.15) is 0 Å². The van der Waals surface area contributed by atoms with Gasteiger partial charge in [-0.3, -0.25) is 4.90 Å². The minimum absolute atomic E-state index is 0.152. The second-order valence-electron chi connectivity index (χ2n) is 4.24. The molecule has 1 rings (SSSR count). The van der Waals surface area contributed by atoms with E-state index in [4.69, 9.17) is 19.6 Å². The van der Waals surface area contributed by atoms with Gasteiger partial charge in [0.2, 0.25) is 0 Å². The van der Waals surface area contributed by atoms with Gasteiger partial charge >= 0.3 is 0 Å². The highest BCUT2D eigenvalue weighted by Crippen LogP contribution is 2.19. The first-order valence-electron chi connectivity index (χ1n) is 6.95. The lowest BCUT2D eigenvalue weighted by Gasteiger charge is -2.30. The summed E-state index contributed by atoms with van der Waals surface area (Å²) in [7, 11) is 0. The molecule has 0 saturated heterocycles. The topological polar surface area (TPSA) is 60.9 Å². The molecule has 110 valence electrons. The number of furan rings is 1. The molecule has 0 fully saturated rings. The fourth-order valence-electron chi connectivity index (χ4n) is 2.04. The molecule has 0 spiro atoms. The Morgan fingerprint density at radius 1 is 1.21 bits per heavy atom. The lowest BCUT2D eigenvalue weighted by molar-refractivity contribution is 0.0639. The van der Waals surface area contributed by atoms with Crippen molar-refractivity contribution in [1.29, 1.82) is 0 Å². The molecule has 1 atom stereocenters. The van der Waals surface area contributed by atoms with E-state index in [2.05, 4.69) is 4.90 Å². The van der Waals surface area contributed by atoms with Crippen molar-refractivity contribution < 1.29 is 13.9 Å². The predicted molar refractivity (Wildman–Crippen MR) is 75.1 cm³/mol. The molecule has 0 amide bonds. The second kappa shape index (κ2) is 9.97. The Balaban J connectivity index is 2.57. The summed E-state index contributed by atoms with van der Waals surface area (Å²) in [5.41, 5.74) is 7.02. The number of hydrogen-bond donors (Lipinski definition) is 1. The number of nitrogens with zero attached hydrogens (tertiary/aromatic N) is 1. The second-order valence-corrected chi connectivity index (χ2v) is 4.24. The molecule has 2 N–H and O–H groups in total. The van der Waals surface area contributed by atoms with Gasteiger partial charge in [0, 0.05) is 38.4 Å². The van der Waals surface area contributed by atoms with E-state index in [1.807, 2.05) is 19.9 Å². The first-order valence-corrected chi connectivity index (χ1v) is 6.95. The fraction of sp³-hybridized carbons (Fsp3) is 0.714. The summed E-state index contributed by atoms with van der Waals surface area (Å²) >= 11 is 0. The minimum Gasteiger partial charge on any atom is -0.472 e. The number of ether oxygens (including phenoxy) is 2. The molecular formula is C14H26N2O3. The molecule has 1 heterocycles. The van der Waals surface area contributed by atoms with Crippen LogP contribution in [-0.2, 0) is 9.47 Å². The molecule has 5 nitrogen and oxygen atoms in total. The van der Waals surface area contributed by atoms with Gasteiger partial charge in [0.15, 0.2) is 0 Å². The molecule has 0 radical (unpaired) electrons. The van der Waals surface area contributed by atoms with Gasteiger partial charge in [0.25, 0.3) is 0 Å². The Morgan fingerprint density at radius 2 is 1.84 bits per heavy atom. The van der Waals surface area contributed by atoms with E-state index in [1.54, 1.807) is 12.5 Å². The van der Waals surface area contributed by atoms with Crippen LogP contribution in [-0.4, -0.2) is 51.0 Å². The number of nitrogens with two attached hydrogens (primary N) is 1. The van der Waals surface area contributed by atoms with Gasteiger partial charge in [0.05, 0.1) is 31.8 Å². The quantitative estimate of drug-likeness (QED) is 0.620. The van der Waals surface area contributed by atoms with Crippen LogP contribution in [0.2, 0.25) is 0 Å². The Labute approximate surface area is 115 Å². The van der Waals surface area contributed by atoms with Crippen molar-refractivity contribution in [3.63, 3.8) is 0 Å². The molecule has 0 aliphatic carbocycles. The van der Waals surface area contributed by atoms with E-state index in [-0.39, 0.29) is 6.04 Å². The number of hydrogen-bond acceptors (Lipinski definition) is 5. The van der Waals surface area contributed by atoms with Gasteiger partial charge in [-0.05, 0) is 19.9 Å². The molecule has 5 heteroatoms. The summed E-state index contributed by atoms with van der Waals surface area (Å²) in [5, 5.41) is 0. The largest absolute Gasteiger partial charge is 0.472 e. The van der Waals surface area contributed by atoms with Gasteiger partial charge in [-0.25, -0.2) is 0 Å². The standard InChI is InChI=1S/C14H26N2O3/c1-3-17-9-6-16(7-10-18-4-2)14(11-15)13-5-8-19-12-13/h5,8,12,14H,3-4,6-7,9-11,15H2,1-2H3. The third-order valence-electron chi connectivity index (χ3n) is 3.05. The molecular weight excluding hydrogens is 244 g/mol. The van der Waals surface area contributed by atoms with Crippen LogP contribution in [0.25, 0.3) is 0 Å². The zero-order chi connectivity index (χ0) is 13.9. The molecule has 0 aliphatic heterocycles. The Bertz CT molecular complexity index is 294. The predicted octanol–water partition coefficient (Wildman–Crippen LogP) is 1.65. The van der Waals surface area contributed by atoms with Crippen molar-refractivity contribution in [2.45, 2.75) is 19.9 Å². The van der Waals surface area contributed by atoms with Gasteiger partial charge in [-0.1, -0.05) is 0 Å². The Kier molecular flexibility index (Phi) is 8.49. The Morgan fingerprint density at radius 3 is 2.26 bits per heavy atom. The summed E-state index contributed by atoms with van der Waals surface area (Å²) < 4.78 is 16.0. The zero-order valence-electron chi connectivity index (χ0n) is 12.0. The third-order valence-corrected chi connectivity index (χ3v) is 3.05. The highest BCUT2D eigenvalue weighted by molar-refractivity contribution is 5.12. The van der Waals surface area contributed by atoms with E-state index < -0.39 is 0 Å². The average molecular weight is 270 g/mol. The molecule has 0 aromatic carbocycles. The van der Waals surface area contributed by atoms with Crippen LogP contribution >= 0.6 is 0 Å². The van der Waals surface area contributed by atoms with E-state index in [9.17, 15) is 0 Å². The van der Waals surface area contributed by atoms with E-state index in [0.29, 0.717) is 19.8 Å². The highest BCUT2D eigenvalue weighted by Gasteiger charge is 2.19. The van der Waals surface area contributed by atoms with Crippen LogP contribution in [0.1, 0.15) is 25.5 Å². The normalized spacial score (nSPS) is 13.1. The summed E-state index contributed by atoms with van der Waals surface area (Å²) in [4.78, 5) is 2.29. The lowest BCUT2D eigenvalue weighted by Crippen LogP contribution is -2.38. The molecule has 1 aromatic rings. The van der Waals surface area contributed by atoms with Crippen molar-refractivity contribution in [2.75, 3.05) is 46.1 Å². The molecule has 1 aromatic heterocycles. The molecule has 0 saturated carbocycles. The molecule has 0 bridgehead atoms. The van der Waals surface area contributed by atoms with E-state index in [1.165, 1.54) is 0 Å². The molecule has 19 heavy (non-hydrogen) atoms. The summed E-state index contributed by atoms with van der Waals surface area (Å²) in [5.74, 6) is 0. The fourth-order valence-corrected chi connectivity index (χ4v) is 2.04. The van der Waals surface area contributed by atoms with Crippen LogP contribution < -0.4 is 5.73 Å². The highest BCUT2D eigenvalue weighted by atomic mass is 16.5. The molecule has 1 unspecified atom stereocenters. The maximum atomic E-state index is 5.91. The number of rotatable bonds is 11. The summed E-state index contributed by atoms with van der Waals surface area (Å²) in [6, 6.07) is 2.12. The summed E-state index contributed by atoms with van der Waals surface area (Å²) in [6.07, 6.45) is 3.44. The van der Waals surface area contributed by atoms with E-state index in [0.717, 1.165) is 31.9 Å². The van der Waals surface area contributed by atoms with Gasteiger partial charge < -0.3 is 19.6 Å². The smallest absolute Gasteiger partial charge is 0.0950 e. The van der Waals surface area contributed by atoms with Gasteiger partial charge in [-0.15, -0.1) is 0 Å². The van der Waals surface area contributed by atoms with Crippen LogP contribution in [0, 0.1) is 0 Å². The van der Waals surface area contributed by atoms with Crippen LogP contribution in [0.3, 0.4) is 0 Å². The van der Waals surface area contributed by atoms with Crippen molar-refractivity contribution in [2.24, 2.45) is 5.73 Å². The van der Waals surface area contributed by atoms with Crippen molar-refractivity contribution in [3.05, 3.63) is 24.2 Å². The maximum absolute atomic E-state index is 5.91. The summed E-state index contributed by atoms with van der Waals surface area (Å²) in [6.45, 7) is 9.12.